The van der Waals surface area contributed by atoms with Crippen LogP contribution in [0, 0.1) is 56.7 Å². The molecule has 0 radical (unpaired) electrons. The molecule has 0 saturated heterocycles. The molecule has 5 aliphatic carbocycles. The Hall–Kier alpha value is -0.780. The number of hydrogen-bond donors (Lipinski definition) is 0. The van der Waals surface area contributed by atoms with Crippen molar-refractivity contribution in [2.45, 2.75) is 126 Å². The molecule has 5 rings (SSSR count). The highest BCUT2D eigenvalue weighted by Crippen LogP contribution is 2.77. The standard InChI is InChI=1S/C32H52.C3H6/c1-9-11-23-15-18-29(6)26(28(23,4)5)16-19-31(8)27(29)14-13-24-25-12-10-17-32(25,22(2)3)21-20-30(24,31)7;1-3-2/h9,23-27H,1-2,10-21H2,3-8H3;3H,1H2,2H3/t23?,24-,25?,26?,27?,29+,30-,31-,32-;/m1./s1. The predicted octanol–water partition coefficient (Wildman–Crippen LogP) is 10.8. The van der Waals surface area contributed by atoms with E-state index in [1.807, 2.05) is 6.92 Å². The lowest BCUT2D eigenvalue weighted by Gasteiger charge is -2.73. The van der Waals surface area contributed by atoms with Gasteiger partial charge in [0.1, 0.15) is 0 Å². The molecule has 5 aliphatic rings. The fraction of sp³-hybridized carbons (Fsp3) is 0.829. The van der Waals surface area contributed by atoms with E-state index in [1.165, 1.54) is 82.6 Å². The van der Waals surface area contributed by atoms with Crippen LogP contribution in [0.3, 0.4) is 0 Å². The summed E-state index contributed by atoms with van der Waals surface area (Å²) in [6.45, 7) is 29.9. The second-order valence-corrected chi connectivity index (χ2v) is 15.1. The van der Waals surface area contributed by atoms with E-state index in [2.05, 4.69) is 67.4 Å². The van der Waals surface area contributed by atoms with Gasteiger partial charge in [0.15, 0.2) is 0 Å². The summed E-state index contributed by atoms with van der Waals surface area (Å²) in [6.07, 6.45) is 21.2. The lowest BCUT2D eigenvalue weighted by Crippen LogP contribution is -2.65. The molecule has 0 aromatic carbocycles. The van der Waals surface area contributed by atoms with E-state index in [0.29, 0.717) is 27.1 Å². The summed E-state index contributed by atoms with van der Waals surface area (Å²) < 4.78 is 0. The highest BCUT2D eigenvalue weighted by Gasteiger charge is 2.69. The Labute approximate surface area is 219 Å². The van der Waals surface area contributed by atoms with E-state index in [4.69, 9.17) is 0 Å². The number of hydrogen-bond acceptors (Lipinski definition) is 0. The summed E-state index contributed by atoms with van der Waals surface area (Å²) in [4.78, 5) is 0. The first-order valence-electron chi connectivity index (χ1n) is 15.2. The molecule has 0 heterocycles. The summed E-state index contributed by atoms with van der Waals surface area (Å²) in [5.74, 6) is 4.48. The molecule has 198 valence electrons. The molecule has 0 N–H and O–H groups in total. The van der Waals surface area contributed by atoms with Crippen molar-refractivity contribution in [1.29, 1.82) is 0 Å². The quantitative estimate of drug-likeness (QED) is 0.354. The normalized spacial score (nSPS) is 49.7. The van der Waals surface area contributed by atoms with Crippen LogP contribution in [0.4, 0.5) is 0 Å². The van der Waals surface area contributed by atoms with Crippen molar-refractivity contribution < 1.29 is 0 Å². The van der Waals surface area contributed by atoms with Crippen molar-refractivity contribution in [1.82, 2.24) is 0 Å². The maximum Gasteiger partial charge on any atom is -0.00622 e. The van der Waals surface area contributed by atoms with Gasteiger partial charge in [-0.2, -0.15) is 0 Å². The zero-order chi connectivity index (χ0) is 25.9. The maximum atomic E-state index is 4.57. The molecule has 0 aromatic rings. The van der Waals surface area contributed by atoms with Crippen LogP contribution in [-0.2, 0) is 0 Å². The molecular formula is C35H58. The highest BCUT2D eigenvalue weighted by atomic mass is 14.7. The third kappa shape index (κ3) is 3.65. The van der Waals surface area contributed by atoms with Crippen LogP contribution < -0.4 is 0 Å². The van der Waals surface area contributed by atoms with Crippen LogP contribution in [0.1, 0.15) is 126 Å². The van der Waals surface area contributed by atoms with Crippen molar-refractivity contribution in [3.8, 4) is 0 Å². The summed E-state index contributed by atoms with van der Waals surface area (Å²) in [7, 11) is 0. The summed E-state index contributed by atoms with van der Waals surface area (Å²) >= 11 is 0. The molecular weight excluding hydrogens is 420 g/mol. The van der Waals surface area contributed by atoms with Crippen LogP contribution in [-0.4, -0.2) is 0 Å². The van der Waals surface area contributed by atoms with Crippen LogP contribution in [0.2, 0.25) is 0 Å². The molecule has 5 saturated carbocycles. The lowest BCUT2D eigenvalue weighted by molar-refractivity contribution is -0.238. The van der Waals surface area contributed by atoms with Gasteiger partial charge in [-0.1, -0.05) is 65.3 Å². The molecule has 0 nitrogen and oxygen atoms in total. The van der Waals surface area contributed by atoms with Gasteiger partial charge in [0, 0.05) is 0 Å². The first-order chi connectivity index (χ1) is 16.4. The first-order valence-corrected chi connectivity index (χ1v) is 15.2. The third-order valence-electron chi connectivity index (χ3n) is 13.9. The smallest absolute Gasteiger partial charge is 0.00622 e. The Morgan fingerprint density at radius 3 is 2.09 bits per heavy atom. The number of rotatable bonds is 3. The Kier molecular flexibility index (Phi) is 7.17. The molecule has 0 aromatic heterocycles. The Bertz CT molecular complexity index is 831. The fourth-order valence-corrected chi connectivity index (χ4v) is 12.0. The summed E-state index contributed by atoms with van der Waals surface area (Å²) in [5.41, 5.74) is 4.03. The van der Waals surface area contributed by atoms with Gasteiger partial charge in [-0.05, 0) is 141 Å². The van der Waals surface area contributed by atoms with Crippen molar-refractivity contribution in [3.05, 3.63) is 37.5 Å². The number of fused-ring (bicyclic) bond motifs is 7. The Balaban J connectivity index is 0.000000917. The molecule has 0 amide bonds. The van der Waals surface area contributed by atoms with E-state index in [9.17, 15) is 0 Å². The van der Waals surface area contributed by atoms with E-state index >= 15 is 0 Å². The van der Waals surface area contributed by atoms with Crippen LogP contribution in [0.15, 0.2) is 37.5 Å². The van der Waals surface area contributed by atoms with Gasteiger partial charge in [0.2, 0.25) is 0 Å². The van der Waals surface area contributed by atoms with Gasteiger partial charge in [-0.3, -0.25) is 0 Å². The summed E-state index contributed by atoms with van der Waals surface area (Å²) in [6, 6.07) is 0. The van der Waals surface area contributed by atoms with Gasteiger partial charge in [-0.15, -0.1) is 13.2 Å². The Morgan fingerprint density at radius 2 is 1.46 bits per heavy atom. The van der Waals surface area contributed by atoms with E-state index in [1.54, 1.807) is 6.08 Å². The molecule has 5 fully saturated rings. The van der Waals surface area contributed by atoms with Crippen molar-refractivity contribution >= 4 is 0 Å². The van der Waals surface area contributed by atoms with E-state index in [-0.39, 0.29) is 0 Å². The number of allylic oxidation sites excluding steroid dienone is 3. The van der Waals surface area contributed by atoms with Crippen molar-refractivity contribution in [3.63, 3.8) is 0 Å². The predicted molar refractivity (Wildman–Crippen MR) is 154 cm³/mol. The third-order valence-corrected chi connectivity index (χ3v) is 13.9. The molecule has 9 atom stereocenters. The fourth-order valence-electron chi connectivity index (χ4n) is 12.0. The average Bonchev–Trinajstić information content (AvgIpc) is 3.22. The van der Waals surface area contributed by atoms with E-state index in [0.717, 1.165) is 29.6 Å². The average molecular weight is 479 g/mol. The second kappa shape index (κ2) is 9.20. The topological polar surface area (TPSA) is 0 Å². The van der Waals surface area contributed by atoms with Crippen molar-refractivity contribution in [2.75, 3.05) is 0 Å². The van der Waals surface area contributed by atoms with Gasteiger partial charge >= 0.3 is 0 Å². The van der Waals surface area contributed by atoms with Crippen LogP contribution >= 0.6 is 0 Å². The van der Waals surface area contributed by atoms with Gasteiger partial charge in [-0.25, -0.2) is 0 Å². The molecule has 4 unspecified atom stereocenters. The highest BCUT2D eigenvalue weighted by molar-refractivity contribution is 5.23. The van der Waals surface area contributed by atoms with Crippen LogP contribution in [0.25, 0.3) is 0 Å². The largest absolute Gasteiger partial charge is 0.103 e. The van der Waals surface area contributed by atoms with Crippen LogP contribution in [0.5, 0.6) is 0 Å². The maximum absolute atomic E-state index is 4.57. The molecule has 35 heavy (non-hydrogen) atoms. The minimum atomic E-state index is 0.452. The molecule has 0 bridgehead atoms. The zero-order valence-corrected chi connectivity index (χ0v) is 24.6. The van der Waals surface area contributed by atoms with Gasteiger partial charge in [0.25, 0.3) is 0 Å². The van der Waals surface area contributed by atoms with Gasteiger partial charge < -0.3 is 0 Å². The minimum absolute atomic E-state index is 0.452. The molecule has 0 heteroatoms. The Morgan fingerprint density at radius 1 is 0.771 bits per heavy atom. The zero-order valence-electron chi connectivity index (χ0n) is 24.6. The van der Waals surface area contributed by atoms with Gasteiger partial charge in [0.05, 0.1) is 0 Å². The van der Waals surface area contributed by atoms with Crippen molar-refractivity contribution in [2.24, 2.45) is 56.7 Å². The van der Waals surface area contributed by atoms with E-state index < -0.39 is 0 Å². The first kappa shape index (κ1) is 27.3. The molecule has 0 aliphatic heterocycles. The summed E-state index contributed by atoms with van der Waals surface area (Å²) in [5, 5.41) is 0. The molecule has 0 spiro atoms. The monoisotopic (exact) mass is 478 g/mol. The lowest BCUT2D eigenvalue weighted by atomic mass is 9.32. The second-order valence-electron chi connectivity index (χ2n) is 15.1. The SMILES string of the molecule is C=CC.C=CCC1CC[C@@]2(C)C(CC[C@]3(C)C2CC[C@@H]2C4CCC[C@]4(C(=C)C)CC[C@]23C)C1(C)C. The minimum Gasteiger partial charge on any atom is -0.103 e.